The van der Waals surface area contributed by atoms with Crippen LogP contribution < -0.4 is 5.73 Å². The topological polar surface area (TPSA) is 52.3 Å². The third-order valence-corrected chi connectivity index (χ3v) is 2.82. The Morgan fingerprint density at radius 1 is 1.11 bits per heavy atom. The molecule has 0 amide bonds. The fraction of sp³-hybridized carbons (Fsp3) is 0.133. The molecule has 0 saturated carbocycles. The highest BCUT2D eigenvalue weighted by molar-refractivity contribution is 5.90. The number of anilines is 1. The number of rotatable bonds is 2. The summed E-state index contributed by atoms with van der Waals surface area (Å²) in [5, 5.41) is 0. The smallest absolute Gasteiger partial charge is 0.337 e. The summed E-state index contributed by atoms with van der Waals surface area (Å²) in [5.41, 5.74) is 10.3. The average molecular weight is 241 g/mol. The molecule has 0 unspecified atom stereocenters. The van der Waals surface area contributed by atoms with Gasteiger partial charge in [0.2, 0.25) is 0 Å². The fourth-order valence-corrected chi connectivity index (χ4v) is 1.85. The second-order valence-electron chi connectivity index (χ2n) is 4.16. The summed E-state index contributed by atoms with van der Waals surface area (Å²) in [6.07, 6.45) is 0. The summed E-state index contributed by atoms with van der Waals surface area (Å²) < 4.78 is 4.66. The van der Waals surface area contributed by atoms with Gasteiger partial charge in [-0.25, -0.2) is 4.79 Å². The SMILES string of the molecule is COC(=O)c1ccc(-c2ccc(C)cc2N)cc1. The number of nitrogens with two attached hydrogens (primary N) is 1. The van der Waals surface area contributed by atoms with E-state index >= 15 is 0 Å². The van der Waals surface area contributed by atoms with Gasteiger partial charge in [-0.1, -0.05) is 24.3 Å². The van der Waals surface area contributed by atoms with Gasteiger partial charge in [0.25, 0.3) is 0 Å². The Bertz CT molecular complexity index is 574. The van der Waals surface area contributed by atoms with Gasteiger partial charge in [-0.05, 0) is 36.2 Å². The summed E-state index contributed by atoms with van der Waals surface area (Å²) in [7, 11) is 1.37. The number of methoxy groups -OCH3 is 1. The van der Waals surface area contributed by atoms with Gasteiger partial charge in [0, 0.05) is 11.3 Å². The third kappa shape index (κ3) is 2.35. The standard InChI is InChI=1S/C15H15NO2/c1-10-3-8-13(14(16)9-10)11-4-6-12(7-5-11)15(17)18-2/h3-9H,16H2,1-2H3. The fourth-order valence-electron chi connectivity index (χ4n) is 1.85. The summed E-state index contributed by atoms with van der Waals surface area (Å²) >= 11 is 0. The zero-order chi connectivity index (χ0) is 13.1. The normalized spacial score (nSPS) is 10.1. The van der Waals surface area contributed by atoms with Gasteiger partial charge >= 0.3 is 5.97 Å². The first-order chi connectivity index (χ1) is 8.61. The highest BCUT2D eigenvalue weighted by atomic mass is 16.5. The van der Waals surface area contributed by atoms with E-state index in [9.17, 15) is 4.79 Å². The molecule has 0 aliphatic carbocycles. The van der Waals surface area contributed by atoms with Crippen LogP contribution in [0.25, 0.3) is 11.1 Å². The molecule has 92 valence electrons. The Balaban J connectivity index is 2.37. The van der Waals surface area contributed by atoms with Gasteiger partial charge < -0.3 is 10.5 Å². The Morgan fingerprint density at radius 3 is 2.33 bits per heavy atom. The lowest BCUT2D eigenvalue weighted by atomic mass is 10.0. The van der Waals surface area contributed by atoms with Crippen molar-refractivity contribution < 1.29 is 9.53 Å². The van der Waals surface area contributed by atoms with Crippen LogP contribution in [0.2, 0.25) is 0 Å². The summed E-state index contributed by atoms with van der Waals surface area (Å²) in [4.78, 5) is 11.3. The maximum Gasteiger partial charge on any atom is 0.337 e. The van der Waals surface area contributed by atoms with Crippen molar-refractivity contribution in [3.05, 3.63) is 53.6 Å². The minimum absolute atomic E-state index is 0.335. The second-order valence-corrected chi connectivity index (χ2v) is 4.16. The van der Waals surface area contributed by atoms with E-state index in [-0.39, 0.29) is 5.97 Å². The van der Waals surface area contributed by atoms with Crippen molar-refractivity contribution in [1.82, 2.24) is 0 Å². The average Bonchev–Trinajstić information content (AvgIpc) is 2.38. The van der Waals surface area contributed by atoms with Crippen LogP contribution in [0.5, 0.6) is 0 Å². The van der Waals surface area contributed by atoms with Crippen molar-refractivity contribution in [3.8, 4) is 11.1 Å². The molecule has 0 heterocycles. The van der Waals surface area contributed by atoms with Crippen LogP contribution in [0.15, 0.2) is 42.5 Å². The van der Waals surface area contributed by atoms with Crippen molar-refractivity contribution in [2.45, 2.75) is 6.92 Å². The molecule has 3 nitrogen and oxygen atoms in total. The number of benzene rings is 2. The van der Waals surface area contributed by atoms with E-state index in [1.807, 2.05) is 37.3 Å². The largest absolute Gasteiger partial charge is 0.465 e. The molecule has 0 fully saturated rings. The van der Waals surface area contributed by atoms with E-state index in [0.29, 0.717) is 5.56 Å². The van der Waals surface area contributed by atoms with Crippen molar-refractivity contribution in [1.29, 1.82) is 0 Å². The number of ether oxygens (including phenoxy) is 1. The number of esters is 1. The second kappa shape index (κ2) is 4.92. The van der Waals surface area contributed by atoms with Crippen LogP contribution >= 0.6 is 0 Å². The monoisotopic (exact) mass is 241 g/mol. The Labute approximate surface area is 106 Å². The van der Waals surface area contributed by atoms with Crippen molar-refractivity contribution in [3.63, 3.8) is 0 Å². The lowest BCUT2D eigenvalue weighted by Crippen LogP contribution is -2.00. The predicted molar refractivity (Wildman–Crippen MR) is 72.4 cm³/mol. The quantitative estimate of drug-likeness (QED) is 0.649. The summed E-state index contributed by atoms with van der Waals surface area (Å²) in [5.74, 6) is -0.335. The number of hydrogen-bond donors (Lipinski definition) is 1. The third-order valence-electron chi connectivity index (χ3n) is 2.82. The molecule has 0 spiro atoms. The molecule has 2 rings (SSSR count). The molecular weight excluding hydrogens is 226 g/mol. The van der Waals surface area contributed by atoms with Crippen LogP contribution in [0, 0.1) is 6.92 Å². The highest BCUT2D eigenvalue weighted by Crippen LogP contribution is 2.26. The lowest BCUT2D eigenvalue weighted by molar-refractivity contribution is 0.0601. The van der Waals surface area contributed by atoms with E-state index in [1.165, 1.54) is 7.11 Å². The number of carbonyl (C=O) groups is 1. The van der Waals surface area contributed by atoms with E-state index in [1.54, 1.807) is 12.1 Å². The van der Waals surface area contributed by atoms with Crippen LogP contribution in [0.1, 0.15) is 15.9 Å². The van der Waals surface area contributed by atoms with E-state index < -0.39 is 0 Å². The van der Waals surface area contributed by atoms with Crippen molar-refractivity contribution in [2.75, 3.05) is 12.8 Å². The Morgan fingerprint density at radius 2 is 1.78 bits per heavy atom. The number of hydrogen-bond acceptors (Lipinski definition) is 3. The molecule has 3 heteroatoms. The number of nitrogen functional groups attached to an aromatic ring is 1. The molecule has 18 heavy (non-hydrogen) atoms. The highest BCUT2D eigenvalue weighted by Gasteiger charge is 2.06. The molecule has 0 bridgehead atoms. The molecule has 0 atom stereocenters. The molecule has 2 aromatic rings. The van der Waals surface area contributed by atoms with Gasteiger partial charge in [0.15, 0.2) is 0 Å². The molecule has 0 aromatic heterocycles. The Kier molecular flexibility index (Phi) is 3.33. The first-order valence-electron chi connectivity index (χ1n) is 5.66. The molecule has 0 aliphatic rings. The number of carbonyl (C=O) groups excluding carboxylic acids is 1. The zero-order valence-electron chi connectivity index (χ0n) is 10.4. The van der Waals surface area contributed by atoms with Gasteiger partial charge in [0.05, 0.1) is 12.7 Å². The maximum atomic E-state index is 11.3. The van der Waals surface area contributed by atoms with Crippen LogP contribution in [-0.4, -0.2) is 13.1 Å². The molecule has 0 saturated heterocycles. The van der Waals surface area contributed by atoms with Crippen LogP contribution in [0.3, 0.4) is 0 Å². The lowest BCUT2D eigenvalue weighted by Gasteiger charge is -2.07. The zero-order valence-corrected chi connectivity index (χ0v) is 10.4. The predicted octanol–water partition coefficient (Wildman–Crippen LogP) is 3.03. The molecule has 2 aromatic carbocycles. The maximum absolute atomic E-state index is 11.3. The van der Waals surface area contributed by atoms with Gasteiger partial charge in [-0.2, -0.15) is 0 Å². The molecule has 2 N–H and O–H groups in total. The van der Waals surface area contributed by atoms with Gasteiger partial charge in [0.1, 0.15) is 0 Å². The van der Waals surface area contributed by atoms with Crippen LogP contribution in [-0.2, 0) is 4.74 Å². The molecular formula is C15H15NO2. The van der Waals surface area contributed by atoms with Gasteiger partial charge in [-0.3, -0.25) is 0 Å². The van der Waals surface area contributed by atoms with Crippen LogP contribution in [0.4, 0.5) is 5.69 Å². The van der Waals surface area contributed by atoms with Crippen molar-refractivity contribution >= 4 is 11.7 Å². The molecule has 0 aliphatic heterocycles. The minimum atomic E-state index is -0.335. The minimum Gasteiger partial charge on any atom is -0.465 e. The first kappa shape index (κ1) is 12.2. The summed E-state index contributed by atoms with van der Waals surface area (Å²) in [6, 6.07) is 13.1. The van der Waals surface area contributed by atoms with E-state index in [0.717, 1.165) is 22.4 Å². The van der Waals surface area contributed by atoms with Crippen molar-refractivity contribution in [2.24, 2.45) is 0 Å². The summed E-state index contributed by atoms with van der Waals surface area (Å²) in [6.45, 7) is 2.00. The molecule has 0 radical (unpaired) electrons. The Hall–Kier alpha value is -2.29. The van der Waals surface area contributed by atoms with E-state index in [2.05, 4.69) is 4.74 Å². The van der Waals surface area contributed by atoms with Gasteiger partial charge in [-0.15, -0.1) is 0 Å². The van der Waals surface area contributed by atoms with E-state index in [4.69, 9.17) is 5.73 Å². The number of aryl methyl sites for hydroxylation is 1. The first-order valence-corrected chi connectivity index (χ1v) is 5.66.